The van der Waals surface area contributed by atoms with Crippen LogP contribution in [0, 0.1) is 6.92 Å². The third kappa shape index (κ3) is 1.65. The number of imidazole rings is 1. The number of benzene rings is 1. The third-order valence-electron chi connectivity index (χ3n) is 1.62. The van der Waals surface area contributed by atoms with Crippen molar-refractivity contribution >= 4 is 23.7 Å². The molecule has 1 heterocycles. The van der Waals surface area contributed by atoms with Crippen LogP contribution in [0.1, 0.15) is 5.56 Å². The van der Waals surface area contributed by atoms with Gasteiger partial charge in [0.1, 0.15) is 0 Å². The number of H-pyrrole nitrogens is 1. The maximum atomic E-state index is 4.89. The Balaban J connectivity index is 0.000000720. The normalized spacial score (nSPS) is 9.75. The summed E-state index contributed by atoms with van der Waals surface area (Å²) in [6, 6.07) is 6.03. The molecule has 0 spiro atoms. The van der Waals surface area contributed by atoms with Gasteiger partial charge < -0.3 is 17.6 Å². The Kier molecular flexibility index (Phi) is 2.81. The first kappa shape index (κ1) is 9.62. The molecule has 2 rings (SSSR count). The van der Waals surface area contributed by atoms with E-state index in [-0.39, 0.29) is 19.5 Å². The minimum Gasteiger partial charge on any atom is -0.742 e. The zero-order chi connectivity index (χ0) is 7.84. The van der Waals surface area contributed by atoms with Crippen LogP contribution < -0.4 is 0 Å². The molecule has 0 saturated carbocycles. The molecule has 0 fully saturated rings. The Bertz CT molecular complexity index is 397. The molecule has 4 heteroatoms. The second kappa shape index (κ2) is 3.50. The van der Waals surface area contributed by atoms with Crippen molar-refractivity contribution in [1.29, 1.82) is 0 Å². The molecule has 2 aromatic rings. The van der Waals surface area contributed by atoms with Crippen LogP contribution in [0.15, 0.2) is 23.4 Å². The summed E-state index contributed by atoms with van der Waals surface area (Å²) in [7, 11) is 0. The summed E-state index contributed by atoms with van der Waals surface area (Å²) in [5, 5.41) is 0.561. The first-order valence-electron chi connectivity index (χ1n) is 3.39. The molecule has 1 N–H and O–H groups in total. The molecule has 0 amide bonds. The molecule has 58 valence electrons. The fraction of sp³-hybridized carbons (Fsp3) is 0.125. The molecule has 0 aliphatic carbocycles. The van der Waals surface area contributed by atoms with Gasteiger partial charge >= 0.3 is 0 Å². The second-order valence-electron chi connectivity index (χ2n) is 2.56. The van der Waals surface area contributed by atoms with E-state index in [2.05, 4.69) is 9.97 Å². The Hall–Kier alpha value is -0.467. The quantitative estimate of drug-likeness (QED) is 0.550. The Morgan fingerprint density at radius 3 is 2.92 bits per heavy atom. The number of aromatic nitrogens is 2. The van der Waals surface area contributed by atoms with Gasteiger partial charge in [0.25, 0.3) is 0 Å². The maximum Gasteiger partial charge on any atom is 0.0863 e. The Labute approximate surface area is 88.9 Å². The summed E-state index contributed by atoms with van der Waals surface area (Å²) in [4.78, 5) is 7.12. The smallest absolute Gasteiger partial charge is 0.0863 e. The fourth-order valence-corrected chi connectivity index (χ4v) is 1.31. The van der Waals surface area contributed by atoms with E-state index in [1.807, 2.05) is 25.1 Å². The average molecular weight is 229 g/mol. The molecular formula is C8H7N2SZn-. The van der Waals surface area contributed by atoms with Crippen molar-refractivity contribution in [1.82, 2.24) is 9.97 Å². The predicted octanol–water partition coefficient (Wildman–Crippen LogP) is 1.77. The largest absolute Gasteiger partial charge is 0.742 e. The maximum absolute atomic E-state index is 4.89. The first-order valence-corrected chi connectivity index (χ1v) is 3.80. The summed E-state index contributed by atoms with van der Waals surface area (Å²) >= 11 is 4.89. The molecule has 0 aliphatic rings. The number of aryl methyl sites for hydroxylation is 1. The van der Waals surface area contributed by atoms with E-state index in [4.69, 9.17) is 12.6 Å². The Morgan fingerprint density at radius 1 is 1.42 bits per heavy atom. The van der Waals surface area contributed by atoms with Crippen molar-refractivity contribution in [3.8, 4) is 0 Å². The zero-order valence-corrected chi connectivity index (χ0v) is 10.6. The number of fused-ring (bicyclic) bond motifs is 1. The third-order valence-corrected chi connectivity index (χ3v) is 1.81. The summed E-state index contributed by atoms with van der Waals surface area (Å²) in [6.45, 7) is 2.04. The monoisotopic (exact) mass is 227 g/mol. The van der Waals surface area contributed by atoms with Crippen LogP contribution in [-0.4, -0.2) is 9.97 Å². The van der Waals surface area contributed by atoms with Crippen LogP contribution in [0.4, 0.5) is 0 Å². The molecule has 12 heavy (non-hydrogen) atoms. The topological polar surface area (TPSA) is 28.7 Å². The number of nitrogens with one attached hydrogen (secondary N) is 1. The van der Waals surface area contributed by atoms with E-state index in [9.17, 15) is 0 Å². The van der Waals surface area contributed by atoms with Crippen LogP contribution in [0.5, 0.6) is 0 Å². The molecular weight excluding hydrogens is 222 g/mol. The zero-order valence-electron chi connectivity index (χ0n) is 6.79. The van der Waals surface area contributed by atoms with Gasteiger partial charge in [-0.05, 0) is 29.8 Å². The number of rotatable bonds is 0. The number of aromatic amines is 1. The van der Waals surface area contributed by atoms with E-state index >= 15 is 0 Å². The first-order chi connectivity index (χ1) is 5.25. The fourth-order valence-electron chi connectivity index (χ4n) is 1.10. The second-order valence-corrected chi connectivity index (χ2v) is 2.95. The van der Waals surface area contributed by atoms with Gasteiger partial charge in [-0.15, -0.1) is 0 Å². The van der Waals surface area contributed by atoms with E-state index < -0.39 is 0 Å². The van der Waals surface area contributed by atoms with E-state index in [1.165, 1.54) is 5.56 Å². The molecule has 0 unspecified atom stereocenters. The van der Waals surface area contributed by atoms with Gasteiger partial charge in [0.15, 0.2) is 0 Å². The van der Waals surface area contributed by atoms with Crippen LogP contribution in [0.25, 0.3) is 11.0 Å². The van der Waals surface area contributed by atoms with Gasteiger partial charge in [0.2, 0.25) is 0 Å². The van der Waals surface area contributed by atoms with E-state index in [1.54, 1.807) is 0 Å². The molecule has 0 radical (unpaired) electrons. The molecule has 0 saturated heterocycles. The van der Waals surface area contributed by atoms with Crippen molar-refractivity contribution in [3.63, 3.8) is 0 Å². The average Bonchev–Trinajstić information content (AvgIpc) is 2.27. The molecule has 1 aromatic heterocycles. The molecule has 0 aliphatic heterocycles. The van der Waals surface area contributed by atoms with Gasteiger partial charge in [-0.3, -0.25) is 4.98 Å². The molecule has 2 nitrogen and oxygen atoms in total. The summed E-state index contributed by atoms with van der Waals surface area (Å²) in [6.07, 6.45) is 0. The van der Waals surface area contributed by atoms with Crippen molar-refractivity contribution in [2.75, 3.05) is 0 Å². The summed E-state index contributed by atoms with van der Waals surface area (Å²) < 4.78 is 0. The number of hydrogen-bond acceptors (Lipinski definition) is 2. The van der Waals surface area contributed by atoms with Gasteiger partial charge in [0.05, 0.1) is 11.0 Å². The SMILES string of the molecule is Cc1ccc2nc([S-])[nH]c2c1.[Zn]. The number of hydrogen-bond donors (Lipinski definition) is 1. The van der Waals surface area contributed by atoms with Crippen molar-refractivity contribution in [3.05, 3.63) is 23.8 Å². The number of nitrogens with zero attached hydrogens (tertiary/aromatic N) is 1. The van der Waals surface area contributed by atoms with E-state index in [0.29, 0.717) is 5.16 Å². The van der Waals surface area contributed by atoms with Gasteiger partial charge in [0, 0.05) is 19.5 Å². The molecule has 1 aromatic carbocycles. The van der Waals surface area contributed by atoms with Crippen LogP contribution >= 0.6 is 0 Å². The van der Waals surface area contributed by atoms with Crippen LogP contribution in [-0.2, 0) is 32.1 Å². The van der Waals surface area contributed by atoms with Gasteiger partial charge in [-0.25, -0.2) is 0 Å². The van der Waals surface area contributed by atoms with Crippen molar-refractivity contribution < 1.29 is 19.5 Å². The minimum absolute atomic E-state index is 0. The molecule has 0 atom stereocenters. The van der Waals surface area contributed by atoms with Crippen LogP contribution in [0.3, 0.4) is 0 Å². The van der Waals surface area contributed by atoms with Crippen molar-refractivity contribution in [2.24, 2.45) is 0 Å². The van der Waals surface area contributed by atoms with E-state index in [0.717, 1.165) is 11.0 Å². The van der Waals surface area contributed by atoms with Crippen molar-refractivity contribution in [2.45, 2.75) is 12.1 Å². The minimum atomic E-state index is 0. The van der Waals surface area contributed by atoms with Crippen LogP contribution in [0.2, 0.25) is 0 Å². The predicted molar refractivity (Wildman–Crippen MR) is 46.5 cm³/mol. The summed E-state index contributed by atoms with van der Waals surface area (Å²) in [5.74, 6) is 0. The van der Waals surface area contributed by atoms with Gasteiger partial charge in [-0.2, -0.15) is 0 Å². The Morgan fingerprint density at radius 2 is 2.17 bits per heavy atom. The standard InChI is InChI=1S/C8H8N2S.Zn/c1-5-2-3-6-7(4-5)10-8(11)9-6;/h2-4H,1H3,(H2,9,10,11);/p-1. The summed E-state index contributed by atoms with van der Waals surface area (Å²) in [5.41, 5.74) is 3.19. The molecule has 0 bridgehead atoms. The van der Waals surface area contributed by atoms with Gasteiger partial charge in [-0.1, -0.05) is 6.07 Å².